The lowest BCUT2D eigenvalue weighted by atomic mass is 10.2. The van der Waals surface area contributed by atoms with Gasteiger partial charge in [0.2, 0.25) is 0 Å². The molecule has 2 N–H and O–H groups in total. The number of rotatable bonds is 7. The van der Waals surface area contributed by atoms with E-state index < -0.39 is 11.8 Å². The van der Waals surface area contributed by atoms with Crippen LogP contribution in [0.3, 0.4) is 0 Å². The smallest absolute Gasteiger partial charge is 0.271 e. The van der Waals surface area contributed by atoms with Gasteiger partial charge >= 0.3 is 0 Å². The van der Waals surface area contributed by atoms with Crippen LogP contribution in [-0.2, 0) is 0 Å². The summed E-state index contributed by atoms with van der Waals surface area (Å²) in [5.74, 6) is -0.0684. The molecule has 0 heterocycles. The molecule has 0 unspecified atom stereocenters. The molecule has 2 aromatic carbocycles. The summed E-state index contributed by atoms with van der Waals surface area (Å²) < 4.78 is 11.1. The number of ether oxygens (including phenoxy) is 2. The minimum atomic E-state index is -0.580. The van der Waals surface area contributed by atoms with Crippen LogP contribution in [0.5, 0.6) is 11.5 Å². The molecule has 2 aromatic rings. The topological polar surface area (TPSA) is 76.7 Å². The largest absolute Gasteiger partial charge is 0.490 e. The average molecular weight is 411 g/mol. The van der Waals surface area contributed by atoms with Crippen molar-refractivity contribution in [3.8, 4) is 11.5 Å². The van der Waals surface area contributed by atoms with E-state index in [0.717, 1.165) is 6.42 Å². The van der Waals surface area contributed by atoms with Gasteiger partial charge in [-0.05, 0) is 49.7 Å². The molecular weight excluding hydrogens is 391 g/mol. The van der Waals surface area contributed by atoms with Crippen LogP contribution in [0.15, 0.2) is 36.4 Å². The van der Waals surface area contributed by atoms with Crippen LogP contribution in [0.4, 0.5) is 0 Å². The molecule has 0 bridgehead atoms. The van der Waals surface area contributed by atoms with E-state index in [1.165, 1.54) is 12.1 Å². The lowest BCUT2D eigenvalue weighted by Gasteiger charge is -2.13. The summed E-state index contributed by atoms with van der Waals surface area (Å²) in [6, 6.07) is 9.29. The molecule has 0 aliphatic rings. The monoisotopic (exact) mass is 410 g/mol. The highest BCUT2D eigenvalue weighted by Crippen LogP contribution is 2.28. The molecule has 27 heavy (non-hydrogen) atoms. The molecule has 0 atom stereocenters. The number of hydrogen-bond donors (Lipinski definition) is 2. The Morgan fingerprint density at radius 1 is 0.926 bits per heavy atom. The predicted octanol–water partition coefficient (Wildman–Crippen LogP) is 4.26. The highest BCUT2D eigenvalue weighted by atomic mass is 35.5. The van der Waals surface area contributed by atoms with E-state index in [0.29, 0.717) is 35.3 Å². The first kappa shape index (κ1) is 20.9. The van der Waals surface area contributed by atoms with Gasteiger partial charge in [-0.1, -0.05) is 30.1 Å². The van der Waals surface area contributed by atoms with E-state index in [2.05, 4.69) is 10.9 Å². The van der Waals surface area contributed by atoms with Gasteiger partial charge in [-0.15, -0.1) is 0 Å². The second kappa shape index (κ2) is 10.0. The van der Waals surface area contributed by atoms with E-state index in [1.807, 2.05) is 13.8 Å². The van der Waals surface area contributed by atoms with Gasteiger partial charge < -0.3 is 9.47 Å². The molecule has 0 aromatic heterocycles. The highest BCUT2D eigenvalue weighted by Gasteiger charge is 2.15. The fraction of sp³-hybridized carbons (Fsp3) is 0.263. The maximum atomic E-state index is 12.3. The Morgan fingerprint density at radius 2 is 1.67 bits per heavy atom. The average Bonchev–Trinajstić information content (AvgIpc) is 2.66. The number of halogens is 2. The van der Waals surface area contributed by atoms with E-state index in [-0.39, 0.29) is 10.6 Å². The van der Waals surface area contributed by atoms with Crippen molar-refractivity contribution in [3.63, 3.8) is 0 Å². The molecule has 0 aliphatic heterocycles. The van der Waals surface area contributed by atoms with Gasteiger partial charge in [0.15, 0.2) is 11.5 Å². The summed E-state index contributed by atoms with van der Waals surface area (Å²) in [6.07, 6.45) is 0.853. The number of hydrogen-bond acceptors (Lipinski definition) is 4. The fourth-order valence-corrected chi connectivity index (χ4v) is 2.55. The summed E-state index contributed by atoms with van der Waals surface area (Å²) >= 11 is 11.8. The highest BCUT2D eigenvalue weighted by molar-refractivity contribution is 6.35. The van der Waals surface area contributed by atoms with Crippen LogP contribution >= 0.6 is 23.2 Å². The van der Waals surface area contributed by atoms with Crippen molar-refractivity contribution in [3.05, 3.63) is 57.6 Å². The summed E-state index contributed by atoms with van der Waals surface area (Å²) in [5.41, 5.74) is 5.11. The molecule has 0 radical (unpaired) electrons. The molecule has 144 valence electrons. The van der Waals surface area contributed by atoms with Crippen LogP contribution in [0.2, 0.25) is 10.0 Å². The number of carbonyl (C=O) groups excluding carboxylic acids is 2. The van der Waals surface area contributed by atoms with Gasteiger partial charge in [-0.2, -0.15) is 0 Å². The summed E-state index contributed by atoms with van der Waals surface area (Å²) in [6.45, 7) is 4.81. The van der Waals surface area contributed by atoms with Gasteiger partial charge in [0.25, 0.3) is 11.8 Å². The van der Waals surface area contributed by atoms with Crippen LogP contribution < -0.4 is 20.3 Å². The molecule has 0 saturated carbocycles. The number of carbonyl (C=O) groups is 2. The summed E-state index contributed by atoms with van der Waals surface area (Å²) in [7, 11) is 0. The predicted molar refractivity (Wildman–Crippen MR) is 105 cm³/mol. The van der Waals surface area contributed by atoms with E-state index in [1.54, 1.807) is 24.3 Å². The Balaban J connectivity index is 2.07. The number of hydrazine groups is 1. The van der Waals surface area contributed by atoms with Crippen molar-refractivity contribution in [1.82, 2.24) is 10.9 Å². The van der Waals surface area contributed by atoms with Crippen molar-refractivity contribution in [2.75, 3.05) is 13.2 Å². The number of nitrogens with one attached hydrogen (secondary N) is 2. The minimum Gasteiger partial charge on any atom is -0.490 e. The van der Waals surface area contributed by atoms with Crippen molar-refractivity contribution in [1.29, 1.82) is 0 Å². The molecule has 0 fully saturated rings. The lowest BCUT2D eigenvalue weighted by Crippen LogP contribution is -2.41. The Kier molecular flexibility index (Phi) is 7.76. The maximum absolute atomic E-state index is 12.3. The Hall–Kier alpha value is -2.44. The van der Waals surface area contributed by atoms with E-state index in [4.69, 9.17) is 32.7 Å². The first-order chi connectivity index (χ1) is 13.0. The first-order valence-corrected chi connectivity index (χ1v) is 9.17. The molecule has 0 aliphatic carbocycles. The van der Waals surface area contributed by atoms with Gasteiger partial charge in [-0.25, -0.2) is 0 Å². The second-order valence-electron chi connectivity index (χ2n) is 5.48. The van der Waals surface area contributed by atoms with Crippen molar-refractivity contribution in [2.24, 2.45) is 0 Å². The van der Waals surface area contributed by atoms with Crippen LogP contribution in [-0.4, -0.2) is 25.0 Å². The van der Waals surface area contributed by atoms with Crippen LogP contribution in [0, 0.1) is 0 Å². The molecule has 8 heteroatoms. The van der Waals surface area contributed by atoms with Gasteiger partial charge in [0.05, 0.1) is 23.8 Å². The van der Waals surface area contributed by atoms with E-state index in [9.17, 15) is 9.59 Å². The maximum Gasteiger partial charge on any atom is 0.271 e. The standard InChI is InChI=1S/C19H20Cl2N2O4/c1-3-9-27-16-8-5-12(10-17(16)26-4-2)18(24)22-23-19(25)14-11-13(20)6-7-15(14)21/h5-8,10-11H,3-4,9H2,1-2H3,(H,22,24)(H,23,25). The quantitative estimate of drug-likeness (QED) is 0.668. The van der Waals surface area contributed by atoms with Crippen molar-refractivity contribution in [2.45, 2.75) is 20.3 Å². The third-order valence-electron chi connectivity index (χ3n) is 3.43. The SMILES string of the molecule is CCCOc1ccc(C(=O)NNC(=O)c2cc(Cl)ccc2Cl)cc1OCC. The van der Waals surface area contributed by atoms with Gasteiger partial charge in [0.1, 0.15) is 0 Å². The fourth-order valence-electron chi connectivity index (χ4n) is 2.17. The molecule has 0 saturated heterocycles. The zero-order chi connectivity index (χ0) is 19.8. The zero-order valence-electron chi connectivity index (χ0n) is 15.0. The zero-order valence-corrected chi connectivity index (χ0v) is 16.5. The summed E-state index contributed by atoms with van der Waals surface area (Å²) in [5, 5.41) is 0.585. The minimum absolute atomic E-state index is 0.155. The van der Waals surface area contributed by atoms with Crippen LogP contribution in [0.25, 0.3) is 0 Å². The van der Waals surface area contributed by atoms with Crippen molar-refractivity contribution >= 4 is 35.0 Å². The van der Waals surface area contributed by atoms with Crippen LogP contribution in [0.1, 0.15) is 41.0 Å². The van der Waals surface area contributed by atoms with Crippen molar-refractivity contribution < 1.29 is 19.1 Å². The Bertz CT molecular complexity index is 827. The third-order valence-corrected chi connectivity index (χ3v) is 3.99. The Morgan fingerprint density at radius 3 is 2.37 bits per heavy atom. The first-order valence-electron chi connectivity index (χ1n) is 8.41. The molecule has 0 spiro atoms. The molecule has 2 amide bonds. The van der Waals surface area contributed by atoms with Gasteiger partial charge in [0, 0.05) is 10.6 Å². The van der Waals surface area contributed by atoms with E-state index >= 15 is 0 Å². The molecular formula is C19H20Cl2N2O4. The van der Waals surface area contributed by atoms with Gasteiger partial charge in [-0.3, -0.25) is 20.4 Å². The normalized spacial score (nSPS) is 10.2. The number of benzene rings is 2. The third kappa shape index (κ3) is 5.77. The second-order valence-corrected chi connectivity index (χ2v) is 6.32. The Labute approximate surface area is 167 Å². The molecule has 6 nitrogen and oxygen atoms in total. The lowest BCUT2D eigenvalue weighted by molar-refractivity contribution is 0.0846. The number of amides is 2. The summed E-state index contributed by atoms with van der Waals surface area (Å²) in [4.78, 5) is 24.5. The molecule has 2 rings (SSSR count).